The number of hydrogen-bond acceptors (Lipinski definition) is 6. The zero-order valence-electron chi connectivity index (χ0n) is 15.7. The van der Waals surface area contributed by atoms with E-state index in [9.17, 15) is 0 Å². The number of aryl methyl sites for hydroxylation is 1. The van der Waals surface area contributed by atoms with E-state index in [0.717, 1.165) is 38.4 Å². The predicted molar refractivity (Wildman–Crippen MR) is 125 cm³/mol. The summed E-state index contributed by atoms with van der Waals surface area (Å²) in [6.07, 6.45) is 1.79. The van der Waals surface area contributed by atoms with Gasteiger partial charge in [-0.1, -0.05) is 71.5 Å². The molecule has 2 N–H and O–H groups in total. The van der Waals surface area contributed by atoms with E-state index in [1.807, 2.05) is 61.5 Å². The lowest BCUT2D eigenvalue weighted by molar-refractivity contribution is 1.12. The van der Waals surface area contributed by atoms with Crippen LogP contribution in [0.2, 0.25) is 5.15 Å². The minimum Gasteiger partial charge on any atom is -0.357 e. The molecule has 4 aromatic rings. The Balaban J connectivity index is 1.50. The molecule has 0 saturated heterocycles. The number of nitrogens with zero attached hydrogens (tertiary/aromatic N) is 2. The van der Waals surface area contributed by atoms with Crippen LogP contribution >= 0.6 is 34.9 Å². The Kier molecular flexibility index (Phi) is 6.34. The van der Waals surface area contributed by atoms with Crippen LogP contribution in [0.25, 0.3) is 10.4 Å². The van der Waals surface area contributed by atoms with Gasteiger partial charge < -0.3 is 10.0 Å². The van der Waals surface area contributed by atoms with Crippen LogP contribution in [0.4, 0.5) is 10.8 Å². The van der Waals surface area contributed by atoms with Crippen LogP contribution in [0.1, 0.15) is 11.3 Å². The highest BCUT2D eigenvalue weighted by molar-refractivity contribution is 8.00. The van der Waals surface area contributed by atoms with Crippen molar-refractivity contribution in [1.82, 2.24) is 9.97 Å². The zero-order chi connectivity index (χ0) is 20.1. The molecule has 4 nitrogen and oxygen atoms in total. The molecule has 4 rings (SSSR count). The lowest BCUT2D eigenvalue weighted by Gasteiger charge is -2.08. The number of hydrogen-bond donors (Lipinski definition) is 2. The highest BCUT2D eigenvalue weighted by Gasteiger charge is 2.13. The molecular formula is C22H19ClN4S2. The number of aromatic nitrogens is 2. The summed E-state index contributed by atoms with van der Waals surface area (Å²) in [5.74, 6) is 0. The molecule has 0 aliphatic heterocycles. The fraction of sp³-hybridized carbons (Fsp3) is 0.0909. The van der Waals surface area contributed by atoms with Crippen molar-refractivity contribution in [2.45, 2.75) is 18.4 Å². The van der Waals surface area contributed by atoms with Crippen molar-refractivity contribution in [1.29, 1.82) is 0 Å². The number of anilines is 2. The minimum atomic E-state index is 0.446. The molecule has 0 aliphatic rings. The second-order valence-electron chi connectivity index (χ2n) is 6.35. The van der Waals surface area contributed by atoms with Crippen molar-refractivity contribution in [2.24, 2.45) is 0 Å². The maximum Gasteiger partial charge on any atom is 0.183 e. The van der Waals surface area contributed by atoms with Gasteiger partial charge in [-0.3, -0.25) is 0 Å². The van der Waals surface area contributed by atoms with Crippen LogP contribution in [-0.2, 0) is 6.54 Å². The summed E-state index contributed by atoms with van der Waals surface area (Å²) in [6, 6.07) is 22.4. The molecule has 0 spiro atoms. The minimum absolute atomic E-state index is 0.446. The van der Waals surface area contributed by atoms with Crippen LogP contribution in [0.15, 0.2) is 77.8 Å². The molecule has 0 unspecified atom stereocenters. The van der Waals surface area contributed by atoms with Crippen LogP contribution in [0.3, 0.4) is 0 Å². The van der Waals surface area contributed by atoms with Crippen molar-refractivity contribution >= 4 is 45.7 Å². The zero-order valence-corrected chi connectivity index (χ0v) is 18.1. The molecule has 29 heavy (non-hydrogen) atoms. The third kappa shape index (κ3) is 5.09. The van der Waals surface area contributed by atoms with Gasteiger partial charge in [0.25, 0.3) is 0 Å². The number of benzene rings is 2. The quantitative estimate of drug-likeness (QED) is 0.243. The first kappa shape index (κ1) is 19.8. The Bertz CT molecular complexity index is 1080. The van der Waals surface area contributed by atoms with Gasteiger partial charge >= 0.3 is 0 Å². The molecule has 7 heteroatoms. The van der Waals surface area contributed by atoms with Gasteiger partial charge in [-0.25, -0.2) is 9.97 Å². The number of nitrogens with one attached hydrogen (secondary N) is 2. The fourth-order valence-electron chi connectivity index (χ4n) is 2.76. The summed E-state index contributed by atoms with van der Waals surface area (Å²) in [5, 5.41) is 4.74. The third-order valence-corrected chi connectivity index (χ3v) is 6.50. The Morgan fingerprint density at radius 1 is 1.03 bits per heavy atom. The van der Waals surface area contributed by atoms with Crippen molar-refractivity contribution in [3.8, 4) is 10.4 Å². The van der Waals surface area contributed by atoms with E-state index in [2.05, 4.69) is 32.1 Å². The van der Waals surface area contributed by atoms with Gasteiger partial charge in [0, 0.05) is 23.2 Å². The molecule has 0 saturated carbocycles. The van der Waals surface area contributed by atoms with Crippen LogP contribution in [0.5, 0.6) is 0 Å². The molecular weight excluding hydrogens is 420 g/mol. The largest absolute Gasteiger partial charge is 0.357 e. The van der Waals surface area contributed by atoms with E-state index in [1.54, 1.807) is 17.5 Å². The van der Waals surface area contributed by atoms with E-state index in [0.29, 0.717) is 5.15 Å². The smallest absolute Gasteiger partial charge is 0.183 e. The molecule has 2 aromatic heterocycles. The number of halogens is 1. The molecule has 0 amide bonds. The van der Waals surface area contributed by atoms with E-state index in [1.165, 1.54) is 17.5 Å². The second kappa shape index (κ2) is 9.31. The normalized spacial score (nSPS) is 10.7. The van der Waals surface area contributed by atoms with Crippen LogP contribution < -0.4 is 10.0 Å². The van der Waals surface area contributed by atoms with Gasteiger partial charge in [-0.05, 0) is 42.6 Å². The maximum absolute atomic E-state index is 6.30. The SMILES string of the molecule is Cc1nc(NCc2ccccc2)sc1-c1cnc(Cl)c(NSc2ccccc2)c1. The van der Waals surface area contributed by atoms with Crippen LogP contribution in [-0.4, -0.2) is 9.97 Å². The summed E-state index contributed by atoms with van der Waals surface area (Å²) in [4.78, 5) is 11.2. The molecule has 0 atom stereocenters. The standard InChI is InChI=1S/C22H19ClN4S2/c1-15-20(28-22(26-15)25-13-16-8-4-2-5-9-16)17-12-19(21(23)24-14-17)27-29-18-10-6-3-7-11-18/h2-12,14,27H,13H2,1H3,(H,25,26). The van der Waals surface area contributed by atoms with Gasteiger partial charge in [-0.2, -0.15) is 0 Å². The van der Waals surface area contributed by atoms with Gasteiger partial charge in [0.05, 0.1) is 16.3 Å². The first-order valence-corrected chi connectivity index (χ1v) is 11.1. The van der Waals surface area contributed by atoms with E-state index in [4.69, 9.17) is 11.6 Å². The summed E-state index contributed by atoms with van der Waals surface area (Å²) in [7, 11) is 0. The van der Waals surface area contributed by atoms with Gasteiger partial charge in [0.15, 0.2) is 10.3 Å². The lowest BCUT2D eigenvalue weighted by Crippen LogP contribution is -1.98. The Hall–Kier alpha value is -2.54. The van der Waals surface area contributed by atoms with Crippen molar-refractivity contribution in [2.75, 3.05) is 10.0 Å². The summed E-state index contributed by atoms with van der Waals surface area (Å²) < 4.78 is 3.30. The third-order valence-electron chi connectivity index (χ3n) is 4.21. The summed E-state index contributed by atoms with van der Waals surface area (Å²) in [6.45, 7) is 2.76. The number of rotatable bonds is 7. The number of thiazole rings is 1. The summed E-state index contributed by atoms with van der Waals surface area (Å²) in [5.41, 5.74) is 3.97. The first-order valence-electron chi connectivity index (χ1n) is 9.08. The number of pyridine rings is 1. The Labute approximate surface area is 183 Å². The second-order valence-corrected chi connectivity index (χ2v) is 8.59. The molecule has 0 bridgehead atoms. The average Bonchev–Trinajstić information content (AvgIpc) is 3.14. The van der Waals surface area contributed by atoms with Crippen molar-refractivity contribution < 1.29 is 0 Å². The molecule has 2 heterocycles. The molecule has 0 fully saturated rings. The monoisotopic (exact) mass is 438 g/mol. The van der Waals surface area contributed by atoms with E-state index in [-0.39, 0.29) is 0 Å². The van der Waals surface area contributed by atoms with Crippen molar-refractivity contribution in [3.05, 3.63) is 89.3 Å². The molecule has 2 aromatic carbocycles. The fourth-order valence-corrected chi connectivity index (χ4v) is 4.59. The van der Waals surface area contributed by atoms with Gasteiger partial charge in [-0.15, -0.1) is 0 Å². The Morgan fingerprint density at radius 2 is 1.76 bits per heavy atom. The average molecular weight is 439 g/mol. The van der Waals surface area contributed by atoms with E-state index < -0.39 is 0 Å². The first-order chi connectivity index (χ1) is 14.2. The van der Waals surface area contributed by atoms with Crippen LogP contribution in [0, 0.1) is 6.92 Å². The molecule has 0 aliphatic carbocycles. The Morgan fingerprint density at radius 3 is 2.52 bits per heavy atom. The predicted octanol–water partition coefficient (Wildman–Crippen LogP) is 6.90. The lowest BCUT2D eigenvalue weighted by atomic mass is 10.2. The highest BCUT2D eigenvalue weighted by Crippen LogP contribution is 2.36. The van der Waals surface area contributed by atoms with E-state index >= 15 is 0 Å². The maximum atomic E-state index is 6.30. The van der Waals surface area contributed by atoms with Gasteiger partial charge in [0.2, 0.25) is 0 Å². The molecule has 0 radical (unpaired) electrons. The topological polar surface area (TPSA) is 49.8 Å². The van der Waals surface area contributed by atoms with Gasteiger partial charge in [0.1, 0.15) is 0 Å². The summed E-state index contributed by atoms with van der Waals surface area (Å²) >= 11 is 9.43. The van der Waals surface area contributed by atoms with Crippen molar-refractivity contribution in [3.63, 3.8) is 0 Å². The molecule has 146 valence electrons. The highest BCUT2D eigenvalue weighted by atomic mass is 35.5.